The van der Waals surface area contributed by atoms with Crippen molar-refractivity contribution in [1.29, 1.82) is 0 Å². The van der Waals surface area contributed by atoms with Gasteiger partial charge in [-0.15, -0.1) is 5.10 Å². The van der Waals surface area contributed by atoms with E-state index in [2.05, 4.69) is 72.3 Å². The summed E-state index contributed by atoms with van der Waals surface area (Å²) in [6, 6.07) is 25.3. The van der Waals surface area contributed by atoms with Gasteiger partial charge >= 0.3 is 0 Å². The fourth-order valence-electron chi connectivity index (χ4n) is 5.56. The second-order valence-corrected chi connectivity index (χ2v) is 9.90. The van der Waals surface area contributed by atoms with Crippen LogP contribution in [0.25, 0.3) is 28.1 Å². The van der Waals surface area contributed by atoms with Crippen molar-refractivity contribution in [1.82, 2.24) is 9.78 Å². The lowest BCUT2D eigenvalue weighted by atomic mass is 9.73. The van der Waals surface area contributed by atoms with E-state index in [4.69, 9.17) is 4.74 Å². The maximum atomic E-state index is 15.3. The molecule has 36 heavy (non-hydrogen) atoms. The van der Waals surface area contributed by atoms with E-state index in [-0.39, 0.29) is 6.23 Å². The Hall–Kier alpha value is -3.50. The van der Waals surface area contributed by atoms with Gasteiger partial charge in [0.1, 0.15) is 0 Å². The average Bonchev–Trinajstić information content (AvgIpc) is 3.24. The van der Waals surface area contributed by atoms with Gasteiger partial charge in [-0.1, -0.05) is 79.7 Å². The summed E-state index contributed by atoms with van der Waals surface area (Å²) >= 11 is 0. The number of hydrogen-bond acceptors (Lipinski definition) is 2. The Morgan fingerprint density at radius 2 is 1.67 bits per heavy atom. The molecular formula is C32H31FN2O. The van der Waals surface area contributed by atoms with Crippen molar-refractivity contribution in [3.8, 4) is 0 Å². The molecule has 2 aliphatic rings. The van der Waals surface area contributed by atoms with Crippen molar-refractivity contribution >= 4 is 28.1 Å². The molecule has 6 rings (SSSR count). The third kappa shape index (κ3) is 4.20. The number of rotatable bonds is 6. The van der Waals surface area contributed by atoms with Gasteiger partial charge in [-0.3, -0.25) is 0 Å². The first kappa shape index (κ1) is 22.9. The first-order valence-electron chi connectivity index (χ1n) is 13.0. The van der Waals surface area contributed by atoms with Crippen molar-refractivity contribution in [2.45, 2.75) is 44.8 Å². The van der Waals surface area contributed by atoms with Gasteiger partial charge in [0.25, 0.3) is 0 Å². The van der Waals surface area contributed by atoms with E-state index in [1.807, 2.05) is 18.2 Å². The molecule has 1 unspecified atom stereocenters. The fraction of sp³-hybridized carbons (Fsp3) is 0.281. The summed E-state index contributed by atoms with van der Waals surface area (Å²) in [5, 5.41) is 4.82. The second kappa shape index (κ2) is 9.87. The predicted octanol–water partition coefficient (Wildman–Crippen LogP) is 8.28. The van der Waals surface area contributed by atoms with Crippen LogP contribution in [0.4, 0.5) is 4.39 Å². The molecule has 0 spiro atoms. The average molecular weight is 479 g/mol. The Kier molecular flexibility index (Phi) is 6.28. The summed E-state index contributed by atoms with van der Waals surface area (Å²) in [7, 11) is 0. The number of ether oxygens (including phenoxy) is 1. The van der Waals surface area contributed by atoms with Crippen LogP contribution in [0, 0.1) is 11.9 Å². The molecule has 4 heteroatoms. The number of allylic oxidation sites excluding steroid dienone is 1. The van der Waals surface area contributed by atoms with E-state index in [0.717, 1.165) is 41.5 Å². The minimum atomic E-state index is -0.438. The number of nitrogens with zero attached hydrogens (tertiary/aromatic N) is 2. The van der Waals surface area contributed by atoms with Crippen molar-refractivity contribution in [3.63, 3.8) is 0 Å². The van der Waals surface area contributed by atoms with Crippen molar-refractivity contribution in [2.75, 3.05) is 6.61 Å². The van der Waals surface area contributed by atoms with Crippen LogP contribution in [0.5, 0.6) is 0 Å². The number of fused-ring (bicyclic) bond motifs is 1. The zero-order chi connectivity index (χ0) is 24.5. The molecule has 4 aromatic rings. The minimum absolute atomic E-state index is 0.201. The molecule has 1 saturated carbocycles. The smallest absolute Gasteiger partial charge is 0.240 e. The molecular weight excluding hydrogens is 447 g/mol. The van der Waals surface area contributed by atoms with Gasteiger partial charge in [0, 0.05) is 6.61 Å². The second-order valence-electron chi connectivity index (χ2n) is 9.90. The number of hydrogen-bond donors (Lipinski definition) is 0. The summed E-state index contributed by atoms with van der Waals surface area (Å²) in [4.78, 5) is 0. The SMILES string of the molecule is C=Cc1ccc(/C(=C(/c2ccccc2)C2CCC2)c2ccc3c(c2)c(F)nn3C2CCCCO2)cc1. The molecule has 1 aliphatic heterocycles. The highest BCUT2D eigenvalue weighted by Gasteiger charge is 2.28. The van der Waals surface area contributed by atoms with Gasteiger partial charge in [0.05, 0.1) is 10.9 Å². The lowest BCUT2D eigenvalue weighted by Gasteiger charge is -2.31. The molecule has 1 atom stereocenters. The van der Waals surface area contributed by atoms with E-state index < -0.39 is 5.95 Å². The zero-order valence-electron chi connectivity index (χ0n) is 20.5. The first-order chi connectivity index (χ1) is 17.7. The molecule has 1 saturated heterocycles. The van der Waals surface area contributed by atoms with Crippen molar-refractivity contribution in [2.24, 2.45) is 5.92 Å². The molecule has 0 N–H and O–H groups in total. The highest BCUT2D eigenvalue weighted by atomic mass is 19.1. The Labute approximate surface area is 211 Å². The molecule has 1 aliphatic carbocycles. The quantitative estimate of drug-likeness (QED) is 0.261. The maximum absolute atomic E-state index is 15.3. The Bertz CT molecular complexity index is 1410. The van der Waals surface area contributed by atoms with Crippen LogP contribution in [0.2, 0.25) is 0 Å². The van der Waals surface area contributed by atoms with Crippen LogP contribution in [0.15, 0.2) is 79.4 Å². The van der Waals surface area contributed by atoms with Crippen molar-refractivity contribution in [3.05, 3.63) is 108 Å². The van der Waals surface area contributed by atoms with Gasteiger partial charge in [-0.05, 0) is 83.6 Å². The van der Waals surface area contributed by atoms with Crippen LogP contribution in [0.3, 0.4) is 0 Å². The highest BCUT2D eigenvalue weighted by Crippen LogP contribution is 2.45. The Morgan fingerprint density at radius 3 is 2.33 bits per heavy atom. The molecule has 3 aromatic carbocycles. The van der Waals surface area contributed by atoms with Crippen LogP contribution >= 0.6 is 0 Å². The molecule has 0 radical (unpaired) electrons. The van der Waals surface area contributed by atoms with Gasteiger partial charge in [-0.25, -0.2) is 4.68 Å². The van der Waals surface area contributed by atoms with E-state index in [9.17, 15) is 0 Å². The van der Waals surface area contributed by atoms with Gasteiger partial charge in [-0.2, -0.15) is 4.39 Å². The lowest BCUT2D eigenvalue weighted by Crippen LogP contribution is -2.19. The minimum Gasteiger partial charge on any atom is -0.356 e. The normalized spacial score (nSPS) is 19.1. The molecule has 2 heterocycles. The molecule has 1 aromatic heterocycles. The summed E-state index contributed by atoms with van der Waals surface area (Å²) in [5.41, 5.74) is 7.77. The number of halogens is 1. The van der Waals surface area contributed by atoms with Gasteiger partial charge < -0.3 is 4.74 Å². The first-order valence-corrected chi connectivity index (χ1v) is 13.0. The fourth-order valence-corrected chi connectivity index (χ4v) is 5.56. The summed E-state index contributed by atoms with van der Waals surface area (Å²) in [6.45, 7) is 4.60. The van der Waals surface area contributed by atoms with Crippen LogP contribution < -0.4 is 0 Å². The molecule has 0 amide bonds. The standard InChI is InChI=1S/C32H31FN2O/c1-2-22-14-16-25(17-15-22)31(30(24-11-8-12-24)23-9-4-3-5-10-23)26-18-19-28-27(21-26)32(33)34-35(28)29-13-6-7-20-36-29/h2-5,9-10,14-19,21,24,29H,1,6-8,11-13,20H2/b31-30+. The Morgan fingerprint density at radius 1 is 0.889 bits per heavy atom. The van der Waals surface area contributed by atoms with Gasteiger partial charge in [0.2, 0.25) is 5.95 Å². The van der Waals surface area contributed by atoms with Crippen molar-refractivity contribution < 1.29 is 9.13 Å². The van der Waals surface area contributed by atoms with Crippen LogP contribution in [-0.4, -0.2) is 16.4 Å². The lowest BCUT2D eigenvalue weighted by molar-refractivity contribution is -0.0375. The topological polar surface area (TPSA) is 27.1 Å². The van der Waals surface area contributed by atoms with E-state index in [1.165, 1.54) is 36.0 Å². The van der Waals surface area contributed by atoms with Gasteiger partial charge in [0.15, 0.2) is 6.23 Å². The monoisotopic (exact) mass is 478 g/mol. The predicted molar refractivity (Wildman–Crippen MR) is 145 cm³/mol. The van der Waals surface area contributed by atoms with Crippen LogP contribution in [0.1, 0.15) is 67.0 Å². The van der Waals surface area contributed by atoms with Crippen LogP contribution in [-0.2, 0) is 4.74 Å². The van der Waals surface area contributed by atoms with E-state index in [0.29, 0.717) is 17.9 Å². The number of benzene rings is 3. The summed E-state index contributed by atoms with van der Waals surface area (Å²) < 4.78 is 22.9. The molecule has 0 bridgehead atoms. The molecule has 3 nitrogen and oxygen atoms in total. The third-order valence-electron chi connectivity index (χ3n) is 7.68. The maximum Gasteiger partial charge on any atom is 0.240 e. The third-order valence-corrected chi connectivity index (χ3v) is 7.68. The summed E-state index contributed by atoms with van der Waals surface area (Å²) in [5.74, 6) is 0.0488. The summed E-state index contributed by atoms with van der Waals surface area (Å²) in [6.07, 6.45) is 8.22. The Balaban J connectivity index is 1.56. The molecule has 2 fully saturated rings. The molecule has 182 valence electrons. The van der Waals surface area contributed by atoms with E-state index in [1.54, 1.807) is 4.68 Å². The number of aromatic nitrogens is 2. The zero-order valence-corrected chi connectivity index (χ0v) is 20.5. The highest BCUT2D eigenvalue weighted by molar-refractivity contribution is 6.01. The largest absolute Gasteiger partial charge is 0.356 e. The van der Waals surface area contributed by atoms with E-state index >= 15 is 4.39 Å².